The van der Waals surface area contributed by atoms with Crippen LogP contribution >= 0.6 is 0 Å². The van der Waals surface area contributed by atoms with E-state index >= 15 is 0 Å². The molecule has 114 valence electrons. The van der Waals surface area contributed by atoms with Gasteiger partial charge in [0.2, 0.25) is 0 Å². The zero-order chi connectivity index (χ0) is 15.2. The fraction of sp³-hybridized carbons (Fsp3) is 0.333. The first kappa shape index (κ1) is 14.6. The van der Waals surface area contributed by atoms with Gasteiger partial charge in [-0.1, -0.05) is 18.2 Å². The topological polar surface area (TPSA) is 46.3 Å². The van der Waals surface area contributed by atoms with Crippen LogP contribution in [0.25, 0.3) is 0 Å². The molecule has 0 fully saturated rings. The summed E-state index contributed by atoms with van der Waals surface area (Å²) in [4.78, 5) is 18.9. The zero-order valence-corrected chi connectivity index (χ0v) is 12.5. The highest BCUT2D eigenvalue weighted by atomic mass is 16.3. The third kappa shape index (κ3) is 3.64. The first-order valence-electron chi connectivity index (χ1n) is 7.70. The van der Waals surface area contributed by atoms with Gasteiger partial charge in [0.1, 0.15) is 0 Å². The van der Waals surface area contributed by atoms with E-state index in [-0.39, 0.29) is 5.91 Å². The van der Waals surface area contributed by atoms with E-state index in [2.05, 4.69) is 17.1 Å². The highest BCUT2D eigenvalue weighted by Gasteiger charge is 2.22. The lowest BCUT2D eigenvalue weighted by Gasteiger charge is -2.27. The van der Waals surface area contributed by atoms with Crippen molar-refractivity contribution in [1.82, 2.24) is 9.88 Å². The maximum atomic E-state index is 12.7. The van der Waals surface area contributed by atoms with E-state index in [1.165, 1.54) is 6.26 Å². The van der Waals surface area contributed by atoms with Crippen molar-refractivity contribution in [3.05, 3.63) is 66.4 Å². The van der Waals surface area contributed by atoms with Gasteiger partial charge in [0, 0.05) is 12.7 Å². The Morgan fingerprint density at radius 1 is 1.27 bits per heavy atom. The maximum Gasteiger partial charge on any atom is 0.289 e. The standard InChI is InChI=1S/C18H20N2O2/c21-18(17-10-6-12-22-17)20(13-15-7-2-1-3-8-15)14-16-9-4-5-11-19-16/h1-2,4-6,9-12,15H,3,7-8,13-14H2/t15-/m0/s1. The van der Waals surface area contributed by atoms with E-state index in [0.717, 1.165) is 31.5 Å². The summed E-state index contributed by atoms with van der Waals surface area (Å²) in [6, 6.07) is 9.24. The van der Waals surface area contributed by atoms with Crippen molar-refractivity contribution in [2.45, 2.75) is 25.8 Å². The zero-order valence-electron chi connectivity index (χ0n) is 12.5. The minimum atomic E-state index is -0.0646. The molecule has 1 atom stereocenters. The van der Waals surface area contributed by atoms with Crippen LogP contribution in [-0.4, -0.2) is 22.3 Å². The molecular formula is C18H20N2O2. The molecule has 0 aliphatic heterocycles. The molecule has 0 spiro atoms. The molecule has 0 N–H and O–H groups in total. The fourth-order valence-electron chi connectivity index (χ4n) is 2.80. The number of nitrogens with zero attached hydrogens (tertiary/aromatic N) is 2. The molecule has 0 radical (unpaired) electrons. The normalized spacial score (nSPS) is 17.4. The van der Waals surface area contributed by atoms with Crippen LogP contribution in [0.5, 0.6) is 0 Å². The third-order valence-electron chi connectivity index (χ3n) is 3.95. The second-order valence-corrected chi connectivity index (χ2v) is 5.63. The van der Waals surface area contributed by atoms with Gasteiger partial charge in [0.15, 0.2) is 5.76 Å². The quantitative estimate of drug-likeness (QED) is 0.791. The van der Waals surface area contributed by atoms with Crippen molar-refractivity contribution in [3.63, 3.8) is 0 Å². The van der Waals surface area contributed by atoms with Gasteiger partial charge in [-0.15, -0.1) is 0 Å². The van der Waals surface area contributed by atoms with Crippen LogP contribution in [0.15, 0.2) is 59.4 Å². The molecule has 1 amide bonds. The predicted molar refractivity (Wildman–Crippen MR) is 84.2 cm³/mol. The van der Waals surface area contributed by atoms with Crippen LogP contribution in [0.1, 0.15) is 35.5 Å². The molecule has 2 aromatic heterocycles. The highest BCUT2D eigenvalue weighted by molar-refractivity contribution is 5.91. The van der Waals surface area contributed by atoms with E-state index in [9.17, 15) is 4.79 Å². The SMILES string of the molecule is O=C(c1ccco1)N(Cc1ccccn1)C[C@H]1CC=CCC1. The highest BCUT2D eigenvalue weighted by Crippen LogP contribution is 2.21. The number of hydrogen-bond donors (Lipinski definition) is 0. The molecule has 2 aromatic rings. The summed E-state index contributed by atoms with van der Waals surface area (Å²) in [6.07, 6.45) is 11.0. The maximum absolute atomic E-state index is 12.7. The summed E-state index contributed by atoms with van der Waals surface area (Å²) in [6.45, 7) is 1.25. The number of carbonyl (C=O) groups is 1. The summed E-state index contributed by atoms with van der Waals surface area (Å²) in [5.41, 5.74) is 0.897. The lowest BCUT2D eigenvalue weighted by molar-refractivity contribution is 0.0675. The molecule has 0 saturated carbocycles. The molecule has 4 nitrogen and oxygen atoms in total. The summed E-state index contributed by atoms with van der Waals surface area (Å²) in [5, 5.41) is 0. The Bertz CT molecular complexity index is 620. The Kier molecular flexibility index (Phi) is 4.68. The number of carbonyl (C=O) groups excluding carboxylic acids is 1. The molecule has 0 bridgehead atoms. The summed E-state index contributed by atoms with van der Waals surface area (Å²) in [5.74, 6) is 0.833. The molecule has 0 aromatic carbocycles. The van der Waals surface area contributed by atoms with Gasteiger partial charge in [0.05, 0.1) is 18.5 Å². The lowest BCUT2D eigenvalue weighted by Crippen LogP contribution is -2.35. The second-order valence-electron chi connectivity index (χ2n) is 5.63. The number of rotatable bonds is 5. The van der Waals surface area contributed by atoms with Crippen molar-refractivity contribution in [2.24, 2.45) is 5.92 Å². The minimum absolute atomic E-state index is 0.0646. The monoisotopic (exact) mass is 296 g/mol. The van der Waals surface area contributed by atoms with Crippen molar-refractivity contribution in [2.75, 3.05) is 6.54 Å². The fourth-order valence-corrected chi connectivity index (χ4v) is 2.80. The molecule has 4 heteroatoms. The van der Waals surface area contributed by atoms with Crippen LogP contribution in [0.2, 0.25) is 0 Å². The Balaban J connectivity index is 1.75. The number of aromatic nitrogens is 1. The largest absolute Gasteiger partial charge is 0.459 e. The summed E-state index contributed by atoms with van der Waals surface area (Å²) in [7, 11) is 0. The number of allylic oxidation sites excluding steroid dienone is 2. The Morgan fingerprint density at radius 3 is 2.91 bits per heavy atom. The van der Waals surface area contributed by atoms with Crippen LogP contribution in [0.3, 0.4) is 0 Å². The van der Waals surface area contributed by atoms with Gasteiger partial charge < -0.3 is 9.32 Å². The van der Waals surface area contributed by atoms with E-state index in [1.807, 2.05) is 23.1 Å². The molecular weight excluding hydrogens is 276 g/mol. The van der Waals surface area contributed by atoms with Gasteiger partial charge in [-0.3, -0.25) is 9.78 Å². The van der Waals surface area contributed by atoms with Gasteiger partial charge >= 0.3 is 0 Å². The smallest absolute Gasteiger partial charge is 0.289 e. The molecule has 3 rings (SSSR count). The van der Waals surface area contributed by atoms with Crippen LogP contribution in [0.4, 0.5) is 0 Å². The Labute approximate surface area is 130 Å². The minimum Gasteiger partial charge on any atom is -0.459 e. The average molecular weight is 296 g/mol. The summed E-state index contributed by atoms with van der Waals surface area (Å²) >= 11 is 0. The average Bonchev–Trinajstić information content (AvgIpc) is 3.10. The summed E-state index contributed by atoms with van der Waals surface area (Å²) < 4.78 is 5.28. The van der Waals surface area contributed by atoms with Crippen LogP contribution in [0, 0.1) is 5.92 Å². The number of pyridine rings is 1. The van der Waals surface area contributed by atoms with E-state index in [0.29, 0.717) is 18.2 Å². The molecule has 0 saturated heterocycles. The Morgan fingerprint density at radius 2 is 2.23 bits per heavy atom. The van der Waals surface area contributed by atoms with Crippen molar-refractivity contribution >= 4 is 5.91 Å². The van der Waals surface area contributed by atoms with Crippen LogP contribution < -0.4 is 0 Å². The van der Waals surface area contributed by atoms with E-state index in [4.69, 9.17) is 4.42 Å². The van der Waals surface area contributed by atoms with Gasteiger partial charge in [-0.25, -0.2) is 0 Å². The first-order valence-corrected chi connectivity index (χ1v) is 7.70. The molecule has 0 unspecified atom stereocenters. The van der Waals surface area contributed by atoms with Crippen molar-refractivity contribution < 1.29 is 9.21 Å². The van der Waals surface area contributed by atoms with Gasteiger partial charge in [-0.2, -0.15) is 0 Å². The first-order chi connectivity index (χ1) is 10.8. The number of furan rings is 1. The Hall–Kier alpha value is -2.36. The van der Waals surface area contributed by atoms with Crippen molar-refractivity contribution in [1.29, 1.82) is 0 Å². The lowest BCUT2D eigenvalue weighted by atomic mass is 9.94. The molecule has 2 heterocycles. The predicted octanol–water partition coefficient (Wildman–Crippen LogP) is 3.67. The molecule has 1 aliphatic rings. The number of amides is 1. The molecule has 22 heavy (non-hydrogen) atoms. The van der Waals surface area contributed by atoms with Gasteiger partial charge in [-0.05, 0) is 49.4 Å². The number of hydrogen-bond acceptors (Lipinski definition) is 3. The second kappa shape index (κ2) is 7.07. The van der Waals surface area contributed by atoms with E-state index in [1.54, 1.807) is 18.3 Å². The van der Waals surface area contributed by atoms with Gasteiger partial charge in [0.25, 0.3) is 5.91 Å². The van der Waals surface area contributed by atoms with Crippen molar-refractivity contribution in [3.8, 4) is 0 Å². The van der Waals surface area contributed by atoms with Crippen LogP contribution in [-0.2, 0) is 6.54 Å². The van der Waals surface area contributed by atoms with E-state index < -0.39 is 0 Å². The molecule has 1 aliphatic carbocycles. The third-order valence-corrected chi connectivity index (χ3v) is 3.95.